The SMILES string of the molecule is CC(C)(N)CS(=O)(=O)Cc1ccc(F)c(Cl)c1. The van der Waals surface area contributed by atoms with Crippen molar-refractivity contribution in [3.8, 4) is 0 Å². The Balaban J connectivity index is 2.87. The van der Waals surface area contributed by atoms with E-state index in [9.17, 15) is 12.8 Å². The quantitative estimate of drug-likeness (QED) is 0.918. The largest absolute Gasteiger partial charge is 0.325 e. The van der Waals surface area contributed by atoms with Gasteiger partial charge in [0.25, 0.3) is 0 Å². The van der Waals surface area contributed by atoms with E-state index in [-0.39, 0.29) is 16.5 Å². The summed E-state index contributed by atoms with van der Waals surface area (Å²) in [5.74, 6) is -0.880. The molecule has 0 atom stereocenters. The van der Waals surface area contributed by atoms with Crippen LogP contribution in [0.3, 0.4) is 0 Å². The van der Waals surface area contributed by atoms with Gasteiger partial charge in [-0.15, -0.1) is 0 Å². The van der Waals surface area contributed by atoms with Gasteiger partial charge in [-0.05, 0) is 31.5 Å². The first-order valence-electron chi connectivity index (χ1n) is 5.02. The van der Waals surface area contributed by atoms with Crippen LogP contribution in [0.15, 0.2) is 18.2 Å². The van der Waals surface area contributed by atoms with Gasteiger partial charge in [0.2, 0.25) is 0 Å². The molecule has 96 valence electrons. The fourth-order valence-corrected chi connectivity index (χ4v) is 3.63. The van der Waals surface area contributed by atoms with Gasteiger partial charge in [-0.25, -0.2) is 12.8 Å². The molecular weight excluding hydrogens is 265 g/mol. The van der Waals surface area contributed by atoms with Gasteiger partial charge in [0.05, 0.1) is 16.5 Å². The maximum atomic E-state index is 12.9. The average Bonchev–Trinajstić information content (AvgIpc) is 2.06. The molecule has 0 aromatic heterocycles. The third-order valence-electron chi connectivity index (χ3n) is 1.96. The summed E-state index contributed by atoms with van der Waals surface area (Å²) in [6, 6.07) is 3.88. The lowest BCUT2D eigenvalue weighted by Crippen LogP contribution is -2.40. The Morgan fingerprint density at radius 2 is 2.00 bits per heavy atom. The maximum Gasteiger partial charge on any atom is 0.156 e. The number of nitrogens with two attached hydrogens (primary N) is 1. The molecule has 6 heteroatoms. The molecule has 0 unspecified atom stereocenters. The van der Waals surface area contributed by atoms with Crippen LogP contribution in [0.1, 0.15) is 19.4 Å². The fourth-order valence-electron chi connectivity index (χ4n) is 1.50. The number of halogens is 2. The van der Waals surface area contributed by atoms with Crippen LogP contribution in [0, 0.1) is 5.82 Å². The summed E-state index contributed by atoms with van der Waals surface area (Å²) in [5, 5.41) is -0.0790. The van der Waals surface area contributed by atoms with Crippen molar-refractivity contribution in [2.24, 2.45) is 5.73 Å². The van der Waals surface area contributed by atoms with Crippen LogP contribution in [-0.2, 0) is 15.6 Å². The molecule has 0 heterocycles. The van der Waals surface area contributed by atoms with Crippen LogP contribution in [0.2, 0.25) is 5.02 Å². The van der Waals surface area contributed by atoms with Crippen molar-refractivity contribution in [3.63, 3.8) is 0 Å². The first-order chi connectivity index (χ1) is 7.59. The van der Waals surface area contributed by atoms with Gasteiger partial charge in [0, 0.05) is 5.54 Å². The molecule has 3 nitrogen and oxygen atoms in total. The van der Waals surface area contributed by atoms with Crippen LogP contribution in [0.4, 0.5) is 4.39 Å². The van der Waals surface area contributed by atoms with Crippen molar-refractivity contribution in [2.75, 3.05) is 5.75 Å². The van der Waals surface area contributed by atoms with E-state index in [4.69, 9.17) is 17.3 Å². The van der Waals surface area contributed by atoms with E-state index < -0.39 is 21.2 Å². The van der Waals surface area contributed by atoms with E-state index in [0.29, 0.717) is 5.56 Å². The molecule has 0 aliphatic rings. The third-order valence-corrected chi connectivity index (χ3v) is 4.21. The zero-order valence-corrected chi connectivity index (χ0v) is 11.3. The van der Waals surface area contributed by atoms with Crippen LogP contribution >= 0.6 is 11.6 Å². The number of benzene rings is 1. The van der Waals surface area contributed by atoms with Crippen molar-refractivity contribution in [2.45, 2.75) is 25.1 Å². The fraction of sp³-hybridized carbons (Fsp3) is 0.455. The molecule has 0 aliphatic carbocycles. The minimum atomic E-state index is -3.33. The Hall–Kier alpha value is -0.650. The summed E-state index contributed by atoms with van der Waals surface area (Å²) < 4.78 is 36.5. The van der Waals surface area contributed by atoms with Crippen LogP contribution < -0.4 is 5.73 Å². The number of sulfone groups is 1. The number of hydrogen-bond donors (Lipinski definition) is 1. The van der Waals surface area contributed by atoms with Crippen molar-refractivity contribution in [3.05, 3.63) is 34.6 Å². The minimum Gasteiger partial charge on any atom is -0.325 e. The summed E-state index contributed by atoms with van der Waals surface area (Å²) in [6.45, 7) is 3.28. The lowest BCUT2D eigenvalue weighted by molar-refractivity contribution is 0.544. The molecule has 0 radical (unpaired) electrons. The van der Waals surface area contributed by atoms with Gasteiger partial charge in [-0.2, -0.15) is 0 Å². The minimum absolute atomic E-state index is 0.0790. The first-order valence-corrected chi connectivity index (χ1v) is 7.22. The smallest absolute Gasteiger partial charge is 0.156 e. The number of rotatable bonds is 4. The highest BCUT2D eigenvalue weighted by Crippen LogP contribution is 2.18. The Labute approximate surface area is 106 Å². The van der Waals surface area contributed by atoms with Gasteiger partial charge in [0.1, 0.15) is 5.82 Å². The molecular formula is C11H15ClFNO2S. The van der Waals surface area contributed by atoms with Crippen LogP contribution in [0.5, 0.6) is 0 Å². The Kier molecular flexibility index (Phi) is 4.17. The molecule has 0 aliphatic heterocycles. The van der Waals surface area contributed by atoms with Gasteiger partial charge in [-0.1, -0.05) is 17.7 Å². The molecule has 2 N–H and O–H groups in total. The third kappa shape index (κ3) is 5.02. The molecule has 0 fully saturated rings. The van der Waals surface area contributed by atoms with Crippen molar-refractivity contribution in [1.29, 1.82) is 0 Å². The standard InChI is InChI=1S/C11H15ClFNO2S/c1-11(2,14)7-17(15,16)6-8-3-4-10(13)9(12)5-8/h3-5H,6-7,14H2,1-2H3. The molecule has 0 saturated carbocycles. The zero-order valence-electron chi connectivity index (χ0n) is 9.70. The lowest BCUT2D eigenvalue weighted by atomic mass is 10.1. The molecule has 0 spiro atoms. The Morgan fingerprint density at radius 1 is 1.41 bits per heavy atom. The summed E-state index contributed by atoms with van der Waals surface area (Å²) in [5.41, 5.74) is 5.33. The molecule has 0 saturated heterocycles. The summed E-state index contributed by atoms with van der Waals surface area (Å²) in [4.78, 5) is 0. The van der Waals surface area contributed by atoms with Gasteiger partial charge < -0.3 is 5.73 Å². The molecule has 1 aromatic carbocycles. The van der Waals surface area contributed by atoms with E-state index >= 15 is 0 Å². The van der Waals surface area contributed by atoms with Crippen LogP contribution in [0.25, 0.3) is 0 Å². The Bertz CT molecular complexity index is 509. The summed E-state index contributed by atoms with van der Waals surface area (Å²) in [6.07, 6.45) is 0. The topological polar surface area (TPSA) is 60.2 Å². The van der Waals surface area contributed by atoms with E-state index in [1.54, 1.807) is 13.8 Å². The summed E-state index contributed by atoms with van der Waals surface area (Å²) >= 11 is 5.58. The second kappa shape index (κ2) is 4.92. The monoisotopic (exact) mass is 279 g/mol. The Morgan fingerprint density at radius 3 is 2.47 bits per heavy atom. The second-order valence-electron chi connectivity index (χ2n) is 4.77. The summed E-state index contributed by atoms with van der Waals surface area (Å²) in [7, 11) is -3.33. The lowest BCUT2D eigenvalue weighted by Gasteiger charge is -2.18. The van der Waals surface area contributed by atoms with Crippen molar-refractivity contribution < 1.29 is 12.8 Å². The highest BCUT2D eigenvalue weighted by atomic mass is 35.5. The van der Waals surface area contributed by atoms with Gasteiger partial charge in [0.15, 0.2) is 9.84 Å². The molecule has 17 heavy (non-hydrogen) atoms. The average molecular weight is 280 g/mol. The molecule has 1 aromatic rings. The second-order valence-corrected chi connectivity index (χ2v) is 7.24. The van der Waals surface area contributed by atoms with E-state index in [1.807, 2.05) is 0 Å². The van der Waals surface area contributed by atoms with E-state index in [0.717, 1.165) is 6.07 Å². The molecule has 0 amide bonds. The zero-order chi connectivity index (χ0) is 13.3. The number of hydrogen-bond acceptors (Lipinski definition) is 3. The molecule has 1 rings (SSSR count). The van der Waals surface area contributed by atoms with Crippen molar-refractivity contribution in [1.82, 2.24) is 0 Å². The van der Waals surface area contributed by atoms with E-state index in [2.05, 4.69) is 0 Å². The maximum absolute atomic E-state index is 12.9. The predicted octanol–water partition coefficient (Wildman–Crippen LogP) is 2.13. The van der Waals surface area contributed by atoms with Crippen molar-refractivity contribution >= 4 is 21.4 Å². The van der Waals surface area contributed by atoms with Gasteiger partial charge >= 0.3 is 0 Å². The highest BCUT2D eigenvalue weighted by molar-refractivity contribution is 7.90. The predicted molar refractivity (Wildman–Crippen MR) is 67.2 cm³/mol. The van der Waals surface area contributed by atoms with E-state index in [1.165, 1.54) is 12.1 Å². The molecule has 0 bridgehead atoms. The van der Waals surface area contributed by atoms with Crippen LogP contribution in [-0.4, -0.2) is 19.7 Å². The van der Waals surface area contributed by atoms with Gasteiger partial charge in [-0.3, -0.25) is 0 Å². The highest BCUT2D eigenvalue weighted by Gasteiger charge is 2.22. The first kappa shape index (κ1) is 14.4. The normalized spacial score (nSPS) is 12.8.